The van der Waals surface area contributed by atoms with Crippen LogP contribution in [0, 0.1) is 0 Å². The van der Waals surface area contributed by atoms with Gasteiger partial charge < -0.3 is 4.90 Å². The summed E-state index contributed by atoms with van der Waals surface area (Å²) < 4.78 is 1.88. The van der Waals surface area contributed by atoms with Crippen molar-refractivity contribution < 1.29 is 4.79 Å². The molecular formula is C13H20N4O. The van der Waals surface area contributed by atoms with Gasteiger partial charge in [0.1, 0.15) is 6.04 Å². The third kappa shape index (κ3) is 2.79. The summed E-state index contributed by atoms with van der Waals surface area (Å²) in [6, 6.07) is -0.161. The van der Waals surface area contributed by atoms with E-state index in [1.807, 2.05) is 48.0 Å². The van der Waals surface area contributed by atoms with E-state index in [0.29, 0.717) is 13.1 Å². The minimum atomic E-state index is -0.161. The van der Waals surface area contributed by atoms with Crippen molar-refractivity contribution in [1.29, 1.82) is 0 Å². The van der Waals surface area contributed by atoms with Gasteiger partial charge in [0.15, 0.2) is 0 Å². The molecule has 1 amide bonds. The highest BCUT2D eigenvalue weighted by atomic mass is 16.2. The van der Waals surface area contributed by atoms with Gasteiger partial charge in [-0.1, -0.05) is 12.2 Å². The zero-order valence-corrected chi connectivity index (χ0v) is 11.0. The molecule has 2 heterocycles. The SMILES string of the molecule is CCN(Cc1cnn(CC)c1)C(=O)C1C=CCN1. The predicted octanol–water partition coefficient (Wildman–Crippen LogP) is 0.779. The number of carbonyl (C=O) groups excluding carboxylic acids is 1. The van der Waals surface area contributed by atoms with Gasteiger partial charge in [0.2, 0.25) is 5.91 Å². The molecule has 2 rings (SSSR count). The lowest BCUT2D eigenvalue weighted by Crippen LogP contribution is -2.43. The van der Waals surface area contributed by atoms with E-state index in [2.05, 4.69) is 10.4 Å². The molecule has 0 aliphatic carbocycles. The minimum absolute atomic E-state index is 0.135. The Labute approximate surface area is 107 Å². The molecule has 0 aromatic carbocycles. The lowest BCUT2D eigenvalue weighted by atomic mass is 10.2. The Morgan fingerprint density at radius 1 is 1.61 bits per heavy atom. The molecule has 5 heteroatoms. The number of amides is 1. The topological polar surface area (TPSA) is 50.2 Å². The van der Waals surface area contributed by atoms with Crippen LogP contribution in [0.3, 0.4) is 0 Å². The van der Waals surface area contributed by atoms with Gasteiger partial charge in [-0.15, -0.1) is 0 Å². The first-order chi connectivity index (χ1) is 8.74. The van der Waals surface area contributed by atoms with Crippen LogP contribution in [0.1, 0.15) is 19.4 Å². The number of hydrogen-bond acceptors (Lipinski definition) is 3. The summed E-state index contributed by atoms with van der Waals surface area (Å²) in [4.78, 5) is 14.1. The van der Waals surface area contributed by atoms with Crippen LogP contribution in [-0.2, 0) is 17.9 Å². The summed E-state index contributed by atoms with van der Waals surface area (Å²) in [5, 5.41) is 7.38. The number of aromatic nitrogens is 2. The van der Waals surface area contributed by atoms with Crippen LogP contribution in [0.15, 0.2) is 24.5 Å². The first-order valence-electron chi connectivity index (χ1n) is 6.44. The van der Waals surface area contributed by atoms with Gasteiger partial charge in [0.25, 0.3) is 0 Å². The van der Waals surface area contributed by atoms with Crippen LogP contribution in [0.5, 0.6) is 0 Å². The molecule has 1 N–H and O–H groups in total. The molecule has 1 atom stereocenters. The number of rotatable bonds is 5. The second-order valence-electron chi connectivity index (χ2n) is 4.37. The van der Waals surface area contributed by atoms with E-state index in [-0.39, 0.29) is 11.9 Å². The average molecular weight is 248 g/mol. The van der Waals surface area contributed by atoms with E-state index in [4.69, 9.17) is 0 Å². The fraction of sp³-hybridized carbons (Fsp3) is 0.538. The quantitative estimate of drug-likeness (QED) is 0.783. The highest BCUT2D eigenvalue weighted by molar-refractivity contribution is 5.84. The first kappa shape index (κ1) is 12.8. The zero-order chi connectivity index (χ0) is 13.0. The normalized spacial score (nSPS) is 18.2. The van der Waals surface area contributed by atoms with Gasteiger partial charge in [-0.25, -0.2) is 0 Å². The zero-order valence-electron chi connectivity index (χ0n) is 11.0. The molecule has 5 nitrogen and oxygen atoms in total. The van der Waals surface area contributed by atoms with E-state index in [9.17, 15) is 4.79 Å². The number of hydrogen-bond donors (Lipinski definition) is 1. The highest BCUT2D eigenvalue weighted by Crippen LogP contribution is 2.08. The van der Waals surface area contributed by atoms with Gasteiger partial charge in [-0.05, 0) is 13.8 Å². The van der Waals surface area contributed by atoms with E-state index >= 15 is 0 Å². The highest BCUT2D eigenvalue weighted by Gasteiger charge is 2.22. The molecule has 18 heavy (non-hydrogen) atoms. The van der Waals surface area contributed by atoms with Crippen molar-refractivity contribution in [3.63, 3.8) is 0 Å². The molecule has 1 unspecified atom stereocenters. The molecule has 98 valence electrons. The van der Waals surface area contributed by atoms with Crippen LogP contribution >= 0.6 is 0 Å². The van der Waals surface area contributed by atoms with Crippen LogP contribution < -0.4 is 5.32 Å². The van der Waals surface area contributed by atoms with Gasteiger partial charge in [-0.3, -0.25) is 14.8 Å². The second-order valence-corrected chi connectivity index (χ2v) is 4.37. The lowest BCUT2D eigenvalue weighted by Gasteiger charge is -2.23. The molecule has 0 saturated heterocycles. The van der Waals surface area contributed by atoms with Crippen molar-refractivity contribution in [3.05, 3.63) is 30.1 Å². The van der Waals surface area contributed by atoms with Crippen molar-refractivity contribution in [2.75, 3.05) is 13.1 Å². The summed E-state index contributed by atoms with van der Waals surface area (Å²) in [5.74, 6) is 0.135. The first-order valence-corrected chi connectivity index (χ1v) is 6.44. The molecule has 0 radical (unpaired) electrons. The summed E-state index contributed by atoms with van der Waals surface area (Å²) >= 11 is 0. The molecule has 1 aliphatic heterocycles. The molecule has 0 spiro atoms. The summed E-state index contributed by atoms with van der Waals surface area (Å²) in [5.41, 5.74) is 1.08. The van der Waals surface area contributed by atoms with Gasteiger partial charge in [0.05, 0.1) is 6.20 Å². The lowest BCUT2D eigenvalue weighted by molar-refractivity contribution is -0.132. The predicted molar refractivity (Wildman–Crippen MR) is 69.9 cm³/mol. The maximum absolute atomic E-state index is 12.2. The van der Waals surface area contributed by atoms with E-state index < -0.39 is 0 Å². The van der Waals surface area contributed by atoms with Crippen molar-refractivity contribution in [2.24, 2.45) is 0 Å². The standard InChI is InChI=1S/C13H20N4O/c1-3-16(13(18)12-6-5-7-14-12)9-11-8-15-17(4-2)10-11/h5-6,8,10,12,14H,3-4,7,9H2,1-2H3. The number of carbonyl (C=O) groups is 1. The fourth-order valence-electron chi connectivity index (χ4n) is 2.06. The fourth-order valence-corrected chi connectivity index (χ4v) is 2.06. The van der Waals surface area contributed by atoms with E-state index in [1.165, 1.54) is 0 Å². The monoisotopic (exact) mass is 248 g/mol. The summed E-state index contributed by atoms with van der Waals surface area (Å²) in [6.45, 7) is 7.02. The van der Waals surface area contributed by atoms with Crippen molar-refractivity contribution in [1.82, 2.24) is 20.0 Å². The Kier molecular flexibility index (Phi) is 4.15. The number of likely N-dealkylation sites (N-methyl/N-ethyl adjacent to an activating group) is 1. The largest absolute Gasteiger partial charge is 0.337 e. The Balaban J connectivity index is 1.99. The Morgan fingerprint density at radius 3 is 3.00 bits per heavy atom. The molecule has 1 aromatic heterocycles. The number of aryl methyl sites for hydroxylation is 1. The smallest absolute Gasteiger partial charge is 0.243 e. The van der Waals surface area contributed by atoms with Crippen molar-refractivity contribution in [3.8, 4) is 0 Å². The van der Waals surface area contributed by atoms with E-state index in [1.54, 1.807) is 0 Å². The van der Waals surface area contributed by atoms with Gasteiger partial charge >= 0.3 is 0 Å². The van der Waals surface area contributed by atoms with Crippen molar-refractivity contribution >= 4 is 5.91 Å². The minimum Gasteiger partial charge on any atom is -0.337 e. The second kappa shape index (κ2) is 5.82. The summed E-state index contributed by atoms with van der Waals surface area (Å²) in [7, 11) is 0. The number of nitrogens with one attached hydrogen (secondary N) is 1. The molecule has 0 fully saturated rings. The Morgan fingerprint density at radius 2 is 2.44 bits per heavy atom. The molecule has 0 bridgehead atoms. The third-order valence-corrected chi connectivity index (χ3v) is 3.13. The van der Waals surface area contributed by atoms with Gasteiger partial charge in [0, 0.05) is 37.9 Å². The maximum Gasteiger partial charge on any atom is 0.243 e. The Hall–Kier alpha value is -1.62. The average Bonchev–Trinajstić information content (AvgIpc) is 3.06. The van der Waals surface area contributed by atoms with Gasteiger partial charge in [-0.2, -0.15) is 5.10 Å². The molecule has 1 aromatic rings. The molecule has 1 aliphatic rings. The van der Waals surface area contributed by atoms with Crippen molar-refractivity contribution in [2.45, 2.75) is 33.0 Å². The maximum atomic E-state index is 12.2. The van der Waals surface area contributed by atoms with Crippen LogP contribution in [0.2, 0.25) is 0 Å². The summed E-state index contributed by atoms with van der Waals surface area (Å²) in [6.07, 6.45) is 7.75. The Bertz CT molecular complexity index is 438. The van der Waals surface area contributed by atoms with Crippen LogP contribution in [0.4, 0.5) is 0 Å². The molecule has 0 saturated carbocycles. The van der Waals surface area contributed by atoms with Crippen LogP contribution in [0.25, 0.3) is 0 Å². The molecular weight excluding hydrogens is 228 g/mol. The third-order valence-electron chi connectivity index (χ3n) is 3.13. The number of nitrogens with zero attached hydrogens (tertiary/aromatic N) is 3. The van der Waals surface area contributed by atoms with Crippen LogP contribution in [-0.4, -0.2) is 39.7 Å². The van der Waals surface area contributed by atoms with E-state index in [0.717, 1.165) is 18.7 Å².